The topological polar surface area (TPSA) is 103 Å². The number of aryl methyl sites for hydroxylation is 2. The Morgan fingerprint density at radius 3 is 2.63 bits per heavy atom. The molecule has 0 aliphatic carbocycles. The second-order valence-electron chi connectivity index (χ2n) is 9.43. The summed E-state index contributed by atoms with van der Waals surface area (Å²) >= 11 is 0. The number of aromatic nitrogens is 3. The fourth-order valence-corrected chi connectivity index (χ4v) is 4.20. The number of benzene rings is 2. The summed E-state index contributed by atoms with van der Waals surface area (Å²) in [6, 6.07) is 10.5. The van der Waals surface area contributed by atoms with E-state index in [1.54, 1.807) is 25.5 Å². The lowest BCUT2D eigenvalue weighted by atomic mass is 10.1. The first-order chi connectivity index (χ1) is 19.7. The summed E-state index contributed by atoms with van der Waals surface area (Å²) in [4.78, 5) is 8.60. The number of unbranched alkanes of at least 4 members (excludes halogenated alkanes) is 1. The van der Waals surface area contributed by atoms with Gasteiger partial charge < -0.3 is 28.7 Å². The van der Waals surface area contributed by atoms with Gasteiger partial charge in [-0.3, -0.25) is 0 Å². The van der Waals surface area contributed by atoms with Crippen LogP contribution in [0.1, 0.15) is 46.9 Å². The van der Waals surface area contributed by atoms with E-state index < -0.39 is 17.8 Å². The van der Waals surface area contributed by atoms with Crippen LogP contribution in [0.5, 0.6) is 11.5 Å². The molecular formula is C30H32F3N3O5. The van der Waals surface area contributed by atoms with Crippen LogP contribution in [0.15, 0.2) is 65.5 Å². The molecule has 0 amide bonds. The predicted octanol–water partition coefficient (Wildman–Crippen LogP) is 5.57. The van der Waals surface area contributed by atoms with Gasteiger partial charge in [0.05, 0.1) is 25.4 Å². The minimum atomic E-state index is -4.37. The molecule has 2 N–H and O–H groups in total. The van der Waals surface area contributed by atoms with Crippen LogP contribution >= 0.6 is 0 Å². The molecule has 0 spiro atoms. The highest BCUT2D eigenvalue weighted by molar-refractivity contribution is 5.66. The van der Waals surface area contributed by atoms with Crippen molar-refractivity contribution in [1.82, 2.24) is 14.5 Å². The van der Waals surface area contributed by atoms with Crippen LogP contribution in [0.3, 0.4) is 0 Å². The molecule has 0 radical (unpaired) electrons. The summed E-state index contributed by atoms with van der Waals surface area (Å²) in [5, 5.41) is 18.7. The van der Waals surface area contributed by atoms with E-state index >= 15 is 0 Å². The molecule has 11 heteroatoms. The molecule has 8 nitrogen and oxygen atoms in total. The minimum Gasteiger partial charge on any atom is -0.496 e. The fourth-order valence-electron chi connectivity index (χ4n) is 4.20. The molecule has 0 aliphatic heterocycles. The summed E-state index contributed by atoms with van der Waals surface area (Å²) in [5.74, 6) is 2.39. The summed E-state index contributed by atoms with van der Waals surface area (Å²) in [6.45, 7) is 0.631. The van der Waals surface area contributed by atoms with Gasteiger partial charge in [0.1, 0.15) is 35.9 Å². The van der Waals surface area contributed by atoms with Gasteiger partial charge in [-0.05, 0) is 54.7 Å². The number of rotatable bonds is 14. The van der Waals surface area contributed by atoms with Crippen molar-refractivity contribution in [2.24, 2.45) is 0 Å². The van der Waals surface area contributed by atoms with Gasteiger partial charge in [0.2, 0.25) is 5.89 Å². The smallest absolute Gasteiger partial charge is 0.416 e. The van der Waals surface area contributed by atoms with Gasteiger partial charge in [0.25, 0.3) is 0 Å². The monoisotopic (exact) mass is 571 g/mol. The van der Waals surface area contributed by atoms with Gasteiger partial charge in [-0.25, -0.2) is 9.97 Å². The number of aliphatic hydroxyl groups excluding tert-OH is 2. The van der Waals surface area contributed by atoms with Gasteiger partial charge in [0, 0.05) is 37.5 Å². The van der Waals surface area contributed by atoms with Crippen molar-refractivity contribution in [2.45, 2.75) is 51.1 Å². The number of aliphatic hydroxyl groups is 2. The number of methoxy groups -OCH3 is 1. The van der Waals surface area contributed by atoms with Gasteiger partial charge in [-0.15, -0.1) is 0 Å². The van der Waals surface area contributed by atoms with Gasteiger partial charge in [-0.2, -0.15) is 13.2 Å². The molecule has 1 unspecified atom stereocenters. The largest absolute Gasteiger partial charge is 0.496 e. The van der Waals surface area contributed by atoms with Crippen molar-refractivity contribution in [2.75, 3.05) is 13.7 Å². The number of alkyl halides is 3. The van der Waals surface area contributed by atoms with Crippen LogP contribution in [0.4, 0.5) is 13.2 Å². The van der Waals surface area contributed by atoms with Gasteiger partial charge in [0.15, 0.2) is 0 Å². The highest BCUT2D eigenvalue weighted by Gasteiger charge is 2.29. The fraction of sp³-hybridized carbons (Fsp3) is 0.333. The molecule has 2 aromatic heterocycles. The molecule has 1 atom stereocenters. The summed E-state index contributed by atoms with van der Waals surface area (Å²) in [7, 11) is 1.61. The Balaban J connectivity index is 1.25. The van der Waals surface area contributed by atoms with E-state index in [4.69, 9.17) is 19.0 Å². The van der Waals surface area contributed by atoms with Crippen molar-refractivity contribution in [1.29, 1.82) is 0 Å². The standard InChI is InChI=1S/C30H32F3N3O5/c1-39-27-17-26(11-8-22(27)4-2-3-14-36-15-13-34-28(36)16-25(38)18-37)40-19-24-20-41-29(35-24)12-7-21-5-9-23(10-6-21)30(31,32)33/h5-13,15,17,20,25,37-38H,2-4,14,16,18-19H2,1H3/b12-7+. The van der Waals surface area contributed by atoms with Crippen LogP contribution in [-0.2, 0) is 32.2 Å². The van der Waals surface area contributed by atoms with E-state index in [2.05, 4.69) is 9.97 Å². The van der Waals surface area contributed by atoms with E-state index in [-0.39, 0.29) is 13.2 Å². The zero-order valence-corrected chi connectivity index (χ0v) is 22.6. The van der Waals surface area contributed by atoms with Crippen LogP contribution in [0, 0.1) is 0 Å². The Kier molecular flexibility index (Phi) is 10.2. The van der Waals surface area contributed by atoms with Crippen molar-refractivity contribution >= 4 is 12.2 Å². The lowest BCUT2D eigenvalue weighted by Gasteiger charge is -2.12. The molecule has 0 aliphatic rings. The molecule has 218 valence electrons. The Bertz CT molecular complexity index is 1410. The third-order valence-corrected chi connectivity index (χ3v) is 6.40. The lowest BCUT2D eigenvalue weighted by molar-refractivity contribution is -0.137. The Labute approximate surface area is 235 Å². The maximum absolute atomic E-state index is 12.7. The molecule has 2 heterocycles. The molecule has 2 aromatic carbocycles. The average molecular weight is 572 g/mol. The first-order valence-electron chi connectivity index (χ1n) is 13.1. The molecule has 0 saturated carbocycles. The minimum absolute atomic E-state index is 0.165. The average Bonchev–Trinajstić information content (AvgIpc) is 3.62. The van der Waals surface area contributed by atoms with Crippen LogP contribution < -0.4 is 9.47 Å². The highest BCUT2D eigenvalue weighted by Crippen LogP contribution is 2.29. The summed E-state index contributed by atoms with van der Waals surface area (Å²) in [5.41, 5.74) is 1.50. The molecule has 4 aromatic rings. The van der Waals surface area contributed by atoms with E-state index in [9.17, 15) is 18.3 Å². The van der Waals surface area contributed by atoms with Crippen molar-refractivity contribution < 1.29 is 37.3 Å². The normalized spacial score (nSPS) is 12.6. The number of ether oxygens (including phenoxy) is 2. The van der Waals surface area contributed by atoms with E-state index in [0.29, 0.717) is 29.3 Å². The highest BCUT2D eigenvalue weighted by atomic mass is 19.4. The van der Waals surface area contributed by atoms with E-state index in [0.717, 1.165) is 55.1 Å². The first-order valence-corrected chi connectivity index (χ1v) is 13.1. The Morgan fingerprint density at radius 2 is 1.90 bits per heavy atom. The number of hydrogen-bond acceptors (Lipinski definition) is 7. The second-order valence-corrected chi connectivity index (χ2v) is 9.43. The quantitative estimate of drug-likeness (QED) is 0.191. The number of hydrogen-bond donors (Lipinski definition) is 2. The van der Waals surface area contributed by atoms with Crippen LogP contribution in [-0.4, -0.2) is 44.6 Å². The number of oxazole rings is 1. The Morgan fingerprint density at radius 1 is 1.10 bits per heavy atom. The molecule has 0 fully saturated rings. The van der Waals surface area contributed by atoms with Gasteiger partial charge >= 0.3 is 6.18 Å². The second kappa shape index (κ2) is 14.0. The SMILES string of the molecule is COc1cc(OCc2coc(/C=C/c3ccc(C(F)(F)F)cc3)n2)ccc1CCCCn1ccnc1CC(O)CO. The molecule has 4 rings (SSSR count). The predicted molar refractivity (Wildman–Crippen MR) is 146 cm³/mol. The van der Waals surface area contributed by atoms with Crippen molar-refractivity contribution in [3.63, 3.8) is 0 Å². The molecule has 41 heavy (non-hydrogen) atoms. The summed E-state index contributed by atoms with van der Waals surface area (Å²) < 4.78 is 57.0. The third kappa shape index (κ3) is 8.70. The van der Waals surface area contributed by atoms with Crippen molar-refractivity contribution in [3.8, 4) is 11.5 Å². The van der Waals surface area contributed by atoms with E-state index in [1.807, 2.05) is 29.0 Å². The summed E-state index contributed by atoms with van der Waals surface area (Å²) in [6.07, 6.45) is 6.00. The zero-order chi connectivity index (χ0) is 29.2. The molecular weight excluding hydrogens is 539 g/mol. The van der Waals surface area contributed by atoms with Crippen LogP contribution in [0.25, 0.3) is 12.2 Å². The third-order valence-electron chi connectivity index (χ3n) is 6.40. The van der Waals surface area contributed by atoms with Gasteiger partial charge in [-0.1, -0.05) is 18.2 Å². The van der Waals surface area contributed by atoms with Crippen molar-refractivity contribution in [3.05, 3.63) is 95.2 Å². The number of halogens is 3. The molecule has 0 bridgehead atoms. The maximum atomic E-state index is 12.7. The van der Waals surface area contributed by atoms with E-state index in [1.165, 1.54) is 18.4 Å². The number of nitrogens with zero attached hydrogens (tertiary/aromatic N) is 3. The lowest BCUT2D eigenvalue weighted by Crippen LogP contribution is -2.18. The number of imidazole rings is 1. The Hall–Kier alpha value is -4.09. The molecule has 0 saturated heterocycles. The van der Waals surface area contributed by atoms with Crippen LogP contribution in [0.2, 0.25) is 0 Å². The maximum Gasteiger partial charge on any atom is 0.416 e. The zero-order valence-electron chi connectivity index (χ0n) is 22.6. The first kappa shape index (κ1) is 29.9.